The predicted octanol–water partition coefficient (Wildman–Crippen LogP) is 3.12. The molecule has 0 aliphatic heterocycles. The van der Waals surface area contributed by atoms with Crippen molar-refractivity contribution in [1.82, 2.24) is 10.3 Å². The number of aromatic nitrogens is 1. The van der Waals surface area contributed by atoms with E-state index in [9.17, 15) is 14.3 Å². The van der Waals surface area contributed by atoms with Gasteiger partial charge >= 0.3 is 0 Å². The molecule has 0 saturated carbocycles. The second-order valence-electron chi connectivity index (χ2n) is 5.87. The number of hydrogen-bond acceptors (Lipinski definition) is 4. The van der Waals surface area contributed by atoms with Crippen molar-refractivity contribution >= 4 is 5.91 Å². The summed E-state index contributed by atoms with van der Waals surface area (Å²) in [5.74, 6) is -0.510. The highest BCUT2D eigenvalue weighted by Gasteiger charge is 2.25. The molecule has 1 heterocycles. The summed E-state index contributed by atoms with van der Waals surface area (Å²) in [7, 11) is 0. The van der Waals surface area contributed by atoms with Gasteiger partial charge in [0.25, 0.3) is 5.91 Å². The summed E-state index contributed by atoms with van der Waals surface area (Å²) in [6, 6.07) is 14.7. The maximum Gasteiger partial charge on any atom is 0.273 e. The van der Waals surface area contributed by atoms with Crippen LogP contribution >= 0.6 is 0 Å². The summed E-state index contributed by atoms with van der Waals surface area (Å²) in [6.07, 6.45) is 1.27. The number of hydrogen-bond donors (Lipinski definition) is 2. The van der Waals surface area contributed by atoms with Gasteiger partial charge in [0.15, 0.2) is 5.69 Å². The quantitative estimate of drug-likeness (QED) is 0.748. The van der Waals surface area contributed by atoms with E-state index >= 15 is 0 Å². The number of nitrogens with one attached hydrogen (secondary N) is 1. The van der Waals surface area contributed by atoms with E-state index in [0.717, 1.165) is 5.56 Å². The highest BCUT2D eigenvalue weighted by Crippen LogP contribution is 2.21. The van der Waals surface area contributed by atoms with Gasteiger partial charge in [0.05, 0.1) is 6.54 Å². The number of rotatable bonds is 5. The molecule has 2 N–H and O–H groups in total. The van der Waals surface area contributed by atoms with E-state index in [0.29, 0.717) is 11.5 Å². The lowest BCUT2D eigenvalue weighted by Gasteiger charge is -2.24. The molecule has 1 amide bonds. The Hall–Kier alpha value is -2.99. The van der Waals surface area contributed by atoms with E-state index in [-0.39, 0.29) is 18.1 Å². The Morgan fingerprint density at radius 1 is 1.20 bits per heavy atom. The minimum Gasteiger partial charge on any atom is -0.444 e. The lowest BCUT2D eigenvalue weighted by atomic mass is 9.96. The monoisotopic (exact) mass is 340 g/mol. The molecule has 25 heavy (non-hydrogen) atoms. The second kappa shape index (κ2) is 6.86. The number of amides is 1. The van der Waals surface area contributed by atoms with Crippen molar-refractivity contribution in [2.75, 3.05) is 6.54 Å². The first-order valence-corrected chi connectivity index (χ1v) is 7.73. The first-order valence-electron chi connectivity index (χ1n) is 7.73. The summed E-state index contributed by atoms with van der Waals surface area (Å²) < 4.78 is 18.3. The Morgan fingerprint density at radius 2 is 1.88 bits per heavy atom. The van der Waals surface area contributed by atoms with Crippen molar-refractivity contribution < 1.29 is 18.7 Å². The fraction of sp³-hybridized carbons (Fsp3) is 0.158. The second-order valence-corrected chi connectivity index (χ2v) is 5.87. The van der Waals surface area contributed by atoms with Gasteiger partial charge in [0, 0.05) is 5.56 Å². The number of nitrogens with zero attached hydrogens (tertiary/aromatic N) is 1. The average Bonchev–Trinajstić information content (AvgIpc) is 3.11. The van der Waals surface area contributed by atoms with Crippen LogP contribution in [0.25, 0.3) is 11.5 Å². The van der Waals surface area contributed by atoms with Crippen molar-refractivity contribution in [2.45, 2.75) is 12.5 Å². The zero-order chi connectivity index (χ0) is 17.9. The lowest BCUT2D eigenvalue weighted by molar-refractivity contribution is 0.0524. The molecule has 3 aromatic rings. The molecular weight excluding hydrogens is 323 g/mol. The highest BCUT2D eigenvalue weighted by atomic mass is 19.1. The first-order chi connectivity index (χ1) is 12.0. The molecule has 0 aliphatic carbocycles. The molecule has 0 spiro atoms. The number of benzene rings is 2. The van der Waals surface area contributed by atoms with Crippen LogP contribution in [0, 0.1) is 5.82 Å². The molecule has 6 heteroatoms. The molecular formula is C19H17FN2O3. The third-order valence-electron chi connectivity index (χ3n) is 3.82. The Kier molecular flexibility index (Phi) is 4.63. The zero-order valence-corrected chi connectivity index (χ0v) is 13.6. The minimum absolute atomic E-state index is 0.0506. The highest BCUT2D eigenvalue weighted by molar-refractivity contribution is 5.92. The van der Waals surface area contributed by atoms with Gasteiger partial charge in [-0.2, -0.15) is 0 Å². The molecule has 0 fully saturated rings. The number of carbonyl (C=O) groups excluding carboxylic acids is 1. The summed E-state index contributed by atoms with van der Waals surface area (Å²) in [5, 5.41) is 13.1. The van der Waals surface area contributed by atoms with Gasteiger partial charge in [-0.15, -0.1) is 0 Å². The topological polar surface area (TPSA) is 75.4 Å². The SMILES string of the molecule is CC(O)(CNC(=O)c1coc(-c2ccccc2)n1)c1ccc(F)cc1. The third kappa shape index (κ3) is 3.92. The van der Waals surface area contributed by atoms with Crippen LogP contribution in [0.3, 0.4) is 0 Å². The van der Waals surface area contributed by atoms with E-state index in [1.54, 1.807) is 6.92 Å². The van der Waals surface area contributed by atoms with E-state index in [2.05, 4.69) is 10.3 Å². The van der Waals surface area contributed by atoms with E-state index in [4.69, 9.17) is 4.42 Å². The summed E-state index contributed by atoms with van der Waals surface area (Å²) in [6.45, 7) is 1.49. The normalized spacial score (nSPS) is 13.2. The van der Waals surface area contributed by atoms with Crippen molar-refractivity contribution in [3.63, 3.8) is 0 Å². The summed E-state index contributed by atoms with van der Waals surface area (Å²) in [4.78, 5) is 16.4. The third-order valence-corrected chi connectivity index (χ3v) is 3.82. The van der Waals surface area contributed by atoms with Gasteiger partial charge < -0.3 is 14.8 Å². The largest absolute Gasteiger partial charge is 0.444 e. The van der Waals surface area contributed by atoms with Gasteiger partial charge in [-0.05, 0) is 36.8 Å². The van der Waals surface area contributed by atoms with Gasteiger partial charge in [-0.3, -0.25) is 4.79 Å². The van der Waals surface area contributed by atoms with Crippen LogP contribution in [0.4, 0.5) is 4.39 Å². The van der Waals surface area contributed by atoms with Gasteiger partial charge in [0.1, 0.15) is 17.7 Å². The number of halogens is 1. The minimum atomic E-state index is -1.34. The van der Waals surface area contributed by atoms with Gasteiger partial charge in [-0.1, -0.05) is 30.3 Å². The van der Waals surface area contributed by atoms with E-state index < -0.39 is 11.5 Å². The Bertz CT molecular complexity index is 858. The number of aliphatic hydroxyl groups is 1. The molecule has 128 valence electrons. The molecule has 1 atom stereocenters. The molecule has 5 nitrogen and oxygen atoms in total. The van der Waals surface area contributed by atoms with Crippen molar-refractivity contribution in [2.24, 2.45) is 0 Å². The van der Waals surface area contributed by atoms with Crippen LogP contribution in [-0.4, -0.2) is 22.5 Å². The average molecular weight is 340 g/mol. The molecule has 0 bridgehead atoms. The lowest BCUT2D eigenvalue weighted by Crippen LogP contribution is -2.38. The van der Waals surface area contributed by atoms with Crippen LogP contribution in [0.5, 0.6) is 0 Å². The number of oxazole rings is 1. The molecule has 3 rings (SSSR count). The zero-order valence-electron chi connectivity index (χ0n) is 13.6. The maximum absolute atomic E-state index is 13.0. The maximum atomic E-state index is 13.0. The Labute approximate surface area is 144 Å². The Balaban J connectivity index is 1.66. The summed E-state index contributed by atoms with van der Waals surface area (Å²) >= 11 is 0. The van der Waals surface area contributed by atoms with E-state index in [1.807, 2.05) is 30.3 Å². The van der Waals surface area contributed by atoms with Crippen LogP contribution in [0.1, 0.15) is 23.0 Å². The standard InChI is InChI=1S/C19H17FN2O3/c1-19(24,14-7-9-15(20)10-8-14)12-21-17(23)16-11-25-18(22-16)13-5-3-2-4-6-13/h2-11,24H,12H2,1H3,(H,21,23). The smallest absolute Gasteiger partial charge is 0.273 e. The van der Waals surface area contributed by atoms with E-state index in [1.165, 1.54) is 30.5 Å². The van der Waals surface area contributed by atoms with Crippen LogP contribution < -0.4 is 5.32 Å². The first kappa shape index (κ1) is 16.9. The molecule has 1 unspecified atom stereocenters. The molecule has 0 aliphatic rings. The Morgan fingerprint density at radius 3 is 2.56 bits per heavy atom. The van der Waals surface area contributed by atoms with Crippen LogP contribution in [-0.2, 0) is 5.60 Å². The van der Waals surface area contributed by atoms with Crippen LogP contribution in [0.15, 0.2) is 65.3 Å². The van der Waals surface area contributed by atoms with Gasteiger partial charge in [-0.25, -0.2) is 9.37 Å². The predicted molar refractivity (Wildman–Crippen MR) is 90.2 cm³/mol. The fourth-order valence-corrected chi connectivity index (χ4v) is 2.35. The van der Waals surface area contributed by atoms with Gasteiger partial charge in [0.2, 0.25) is 5.89 Å². The van der Waals surface area contributed by atoms with Crippen molar-refractivity contribution in [1.29, 1.82) is 0 Å². The molecule has 0 radical (unpaired) electrons. The summed E-state index contributed by atoms with van der Waals surface area (Å²) in [5.41, 5.74) is 0.0444. The van der Waals surface area contributed by atoms with Crippen LogP contribution in [0.2, 0.25) is 0 Å². The number of carbonyl (C=O) groups is 1. The van der Waals surface area contributed by atoms with Crippen molar-refractivity contribution in [3.8, 4) is 11.5 Å². The van der Waals surface area contributed by atoms with Crippen molar-refractivity contribution in [3.05, 3.63) is 77.9 Å². The molecule has 0 saturated heterocycles. The fourth-order valence-electron chi connectivity index (χ4n) is 2.35. The molecule has 2 aromatic carbocycles. The molecule has 1 aromatic heterocycles.